The Bertz CT molecular complexity index is 677. The summed E-state index contributed by atoms with van der Waals surface area (Å²) in [6.07, 6.45) is 1.65. The molecule has 0 saturated heterocycles. The van der Waals surface area contributed by atoms with Crippen LogP contribution in [0.5, 0.6) is 0 Å². The van der Waals surface area contributed by atoms with Crippen molar-refractivity contribution in [1.29, 1.82) is 0 Å². The van der Waals surface area contributed by atoms with Crippen LogP contribution in [-0.2, 0) is 11.3 Å². The fraction of sp³-hybridized carbons (Fsp3) is 0.200. The van der Waals surface area contributed by atoms with E-state index in [2.05, 4.69) is 0 Å². The highest BCUT2D eigenvalue weighted by Crippen LogP contribution is 2.14. The molecule has 5 nitrogen and oxygen atoms in total. The molecule has 0 aliphatic carbocycles. The first kappa shape index (κ1) is 13.9. The Labute approximate surface area is 116 Å². The van der Waals surface area contributed by atoms with Crippen LogP contribution in [0.25, 0.3) is 0 Å². The van der Waals surface area contributed by atoms with Crippen LogP contribution in [0.15, 0.2) is 47.4 Å². The summed E-state index contributed by atoms with van der Waals surface area (Å²) in [6, 6.07) is 10.1. The first-order valence-electron chi connectivity index (χ1n) is 6.26. The number of benzene rings is 1. The Morgan fingerprint density at radius 1 is 1.30 bits per heavy atom. The summed E-state index contributed by atoms with van der Waals surface area (Å²) in [4.78, 5) is 23.4. The zero-order chi connectivity index (χ0) is 14.5. The summed E-state index contributed by atoms with van der Waals surface area (Å²) in [7, 11) is 0. The van der Waals surface area contributed by atoms with Crippen molar-refractivity contribution in [2.45, 2.75) is 13.5 Å². The Kier molecular flexibility index (Phi) is 4.20. The number of anilines is 1. The van der Waals surface area contributed by atoms with Crippen LogP contribution in [-0.4, -0.2) is 17.1 Å². The molecule has 5 heteroatoms. The average molecular weight is 272 g/mol. The fourth-order valence-electron chi connectivity index (χ4n) is 1.81. The lowest BCUT2D eigenvalue weighted by Crippen LogP contribution is -2.21. The van der Waals surface area contributed by atoms with Gasteiger partial charge >= 0.3 is 5.97 Å². The van der Waals surface area contributed by atoms with E-state index < -0.39 is 5.97 Å². The van der Waals surface area contributed by atoms with Gasteiger partial charge in [-0.1, -0.05) is 17.7 Å². The molecule has 0 aliphatic heterocycles. The predicted octanol–water partition coefficient (Wildman–Crippen LogP) is 1.60. The maximum atomic E-state index is 11.9. The highest BCUT2D eigenvalue weighted by molar-refractivity contribution is 5.95. The van der Waals surface area contributed by atoms with E-state index in [0.29, 0.717) is 17.8 Å². The predicted molar refractivity (Wildman–Crippen MR) is 76.6 cm³/mol. The van der Waals surface area contributed by atoms with Crippen molar-refractivity contribution >= 4 is 11.7 Å². The summed E-state index contributed by atoms with van der Waals surface area (Å²) >= 11 is 0. The molecule has 0 fully saturated rings. The lowest BCUT2D eigenvalue weighted by molar-refractivity contribution is 0.0491. The van der Waals surface area contributed by atoms with Gasteiger partial charge in [-0.25, -0.2) is 4.79 Å². The second kappa shape index (κ2) is 6.06. The molecule has 0 spiro atoms. The summed E-state index contributed by atoms with van der Waals surface area (Å²) < 4.78 is 6.62. The van der Waals surface area contributed by atoms with Crippen molar-refractivity contribution < 1.29 is 9.53 Å². The molecular weight excluding hydrogens is 256 g/mol. The molecule has 1 aromatic heterocycles. The van der Waals surface area contributed by atoms with E-state index in [-0.39, 0.29) is 12.2 Å². The van der Waals surface area contributed by atoms with Gasteiger partial charge < -0.3 is 15.0 Å². The normalized spacial score (nSPS) is 10.2. The minimum absolute atomic E-state index is 0.121. The van der Waals surface area contributed by atoms with E-state index in [4.69, 9.17) is 10.5 Å². The SMILES string of the molecule is Cc1ccc(N)c(C(=O)OCCn2ccccc2=O)c1. The van der Waals surface area contributed by atoms with Gasteiger partial charge in [0.1, 0.15) is 6.61 Å². The van der Waals surface area contributed by atoms with Gasteiger partial charge in [0.25, 0.3) is 5.56 Å². The molecule has 2 N–H and O–H groups in total. The molecule has 0 atom stereocenters. The third kappa shape index (κ3) is 3.26. The van der Waals surface area contributed by atoms with Crippen LogP contribution in [0.2, 0.25) is 0 Å². The van der Waals surface area contributed by atoms with Crippen LogP contribution >= 0.6 is 0 Å². The molecule has 0 bridgehead atoms. The number of nitrogens with two attached hydrogens (primary N) is 1. The molecule has 0 amide bonds. The number of aromatic nitrogens is 1. The highest BCUT2D eigenvalue weighted by Gasteiger charge is 2.11. The quantitative estimate of drug-likeness (QED) is 0.677. The second-order valence-electron chi connectivity index (χ2n) is 4.46. The highest BCUT2D eigenvalue weighted by atomic mass is 16.5. The van der Waals surface area contributed by atoms with E-state index in [0.717, 1.165) is 5.56 Å². The Morgan fingerprint density at radius 2 is 2.10 bits per heavy atom. The van der Waals surface area contributed by atoms with E-state index in [9.17, 15) is 9.59 Å². The van der Waals surface area contributed by atoms with Gasteiger partial charge in [0.2, 0.25) is 0 Å². The first-order valence-corrected chi connectivity index (χ1v) is 6.26. The van der Waals surface area contributed by atoms with Crippen molar-refractivity contribution in [2.75, 3.05) is 12.3 Å². The zero-order valence-corrected chi connectivity index (χ0v) is 11.2. The van der Waals surface area contributed by atoms with Crippen molar-refractivity contribution in [1.82, 2.24) is 4.57 Å². The molecule has 0 saturated carbocycles. The van der Waals surface area contributed by atoms with E-state index in [1.165, 1.54) is 10.6 Å². The summed E-state index contributed by atoms with van der Waals surface area (Å²) in [5.41, 5.74) is 7.29. The lowest BCUT2D eigenvalue weighted by atomic mass is 10.1. The number of aryl methyl sites for hydroxylation is 1. The average Bonchev–Trinajstić information content (AvgIpc) is 2.43. The molecule has 0 aliphatic rings. The molecule has 2 aromatic rings. The third-order valence-corrected chi connectivity index (χ3v) is 2.89. The lowest BCUT2D eigenvalue weighted by Gasteiger charge is -2.09. The minimum Gasteiger partial charge on any atom is -0.460 e. The van der Waals surface area contributed by atoms with Gasteiger partial charge in [-0.3, -0.25) is 4.79 Å². The van der Waals surface area contributed by atoms with Gasteiger partial charge in [0, 0.05) is 18.0 Å². The summed E-state index contributed by atoms with van der Waals surface area (Å²) in [6.45, 7) is 2.31. The maximum Gasteiger partial charge on any atom is 0.340 e. The second-order valence-corrected chi connectivity index (χ2v) is 4.46. The number of ether oxygens (including phenoxy) is 1. The van der Waals surface area contributed by atoms with Crippen LogP contribution < -0.4 is 11.3 Å². The van der Waals surface area contributed by atoms with Crippen molar-refractivity contribution in [2.24, 2.45) is 0 Å². The molecule has 0 radical (unpaired) electrons. The summed E-state index contributed by atoms with van der Waals surface area (Å²) in [5, 5.41) is 0. The topological polar surface area (TPSA) is 74.3 Å². The Morgan fingerprint density at radius 3 is 2.85 bits per heavy atom. The molecule has 1 aromatic carbocycles. The number of pyridine rings is 1. The van der Waals surface area contributed by atoms with Crippen molar-refractivity contribution in [3.8, 4) is 0 Å². The third-order valence-electron chi connectivity index (χ3n) is 2.89. The zero-order valence-electron chi connectivity index (χ0n) is 11.2. The Balaban J connectivity index is 1.98. The van der Waals surface area contributed by atoms with E-state index >= 15 is 0 Å². The van der Waals surface area contributed by atoms with Crippen molar-refractivity contribution in [3.63, 3.8) is 0 Å². The number of esters is 1. The maximum absolute atomic E-state index is 11.9. The molecule has 1 heterocycles. The van der Waals surface area contributed by atoms with Crippen LogP contribution in [0, 0.1) is 6.92 Å². The van der Waals surface area contributed by atoms with E-state index in [1.54, 1.807) is 30.5 Å². The van der Waals surface area contributed by atoms with Crippen LogP contribution in [0.4, 0.5) is 5.69 Å². The number of nitrogens with zero attached hydrogens (tertiary/aromatic N) is 1. The number of nitrogen functional groups attached to an aromatic ring is 1. The first-order chi connectivity index (χ1) is 9.58. The largest absolute Gasteiger partial charge is 0.460 e. The van der Waals surface area contributed by atoms with Gasteiger partial charge in [-0.05, 0) is 25.1 Å². The van der Waals surface area contributed by atoms with Gasteiger partial charge in [0.05, 0.1) is 12.1 Å². The molecule has 104 valence electrons. The fourth-order valence-corrected chi connectivity index (χ4v) is 1.81. The Hall–Kier alpha value is -2.56. The smallest absolute Gasteiger partial charge is 0.340 e. The molecule has 2 rings (SSSR count). The molecule has 20 heavy (non-hydrogen) atoms. The minimum atomic E-state index is -0.477. The van der Waals surface area contributed by atoms with Crippen molar-refractivity contribution in [3.05, 3.63) is 64.1 Å². The molecule has 0 unspecified atom stereocenters. The summed E-state index contributed by atoms with van der Waals surface area (Å²) in [5.74, 6) is -0.477. The van der Waals surface area contributed by atoms with Gasteiger partial charge in [0.15, 0.2) is 0 Å². The number of carbonyl (C=O) groups is 1. The number of rotatable bonds is 4. The number of hydrogen-bond acceptors (Lipinski definition) is 4. The molecular formula is C15H16N2O3. The standard InChI is InChI=1S/C15H16N2O3/c1-11-5-6-13(16)12(10-11)15(19)20-9-8-17-7-3-2-4-14(17)18/h2-7,10H,8-9,16H2,1H3. The number of hydrogen-bond donors (Lipinski definition) is 1. The van der Waals surface area contributed by atoms with Gasteiger partial charge in [-0.15, -0.1) is 0 Å². The van der Waals surface area contributed by atoms with Crippen LogP contribution in [0.3, 0.4) is 0 Å². The number of carbonyl (C=O) groups excluding carboxylic acids is 1. The monoisotopic (exact) mass is 272 g/mol. The van der Waals surface area contributed by atoms with Gasteiger partial charge in [-0.2, -0.15) is 0 Å². The van der Waals surface area contributed by atoms with Crippen LogP contribution in [0.1, 0.15) is 15.9 Å². The van der Waals surface area contributed by atoms with E-state index in [1.807, 2.05) is 13.0 Å².